The lowest BCUT2D eigenvalue weighted by Gasteiger charge is -2.51. The number of hydrogen-bond acceptors (Lipinski definition) is 0. The molecule has 0 aliphatic heterocycles. The zero-order chi connectivity index (χ0) is 13.9. The van der Waals surface area contributed by atoms with Gasteiger partial charge in [0.1, 0.15) is 0 Å². The Morgan fingerprint density at radius 3 is 1.68 bits per heavy atom. The van der Waals surface area contributed by atoms with Crippen molar-refractivity contribution < 1.29 is 0 Å². The average molecular weight is 264 g/mol. The van der Waals surface area contributed by atoms with Crippen LogP contribution in [0.5, 0.6) is 0 Å². The van der Waals surface area contributed by atoms with Gasteiger partial charge in [0, 0.05) is 0 Å². The first-order chi connectivity index (χ1) is 9.06. The summed E-state index contributed by atoms with van der Waals surface area (Å²) < 4.78 is 0. The highest BCUT2D eigenvalue weighted by Crippen LogP contribution is 2.52. The Morgan fingerprint density at radius 2 is 1.21 bits per heavy atom. The molecular formula is C19H36. The SMILES string of the molecule is CC(C)C(C)(C1CCCCC1)C(C)C1CCCCC1. The summed E-state index contributed by atoms with van der Waals surface area (Å²) in [6.07, 6.45) is 15.0. The number of hydrogen-bond donors (Lipinski definition) is 0. The van der Waals surface area contributed by atoms with Gasteiger partial charge in [-0.3, -0.25) is 0 Å². The molecule has 19 heavy (non-hydrogen) atoms. The number of rotatable bonds is 4. The van der Waals surface area contributed by atoms with E-state index in [1.807, 2.05) is 0 Å². The van der Waals surface area contributed by atoms with Crippen molar-refractivity contribution in [2.24, 2.45) is 29.1 Å². The van der Waals surface area contributed by atoms with Crippen molar-refractivity contribution in [1.29, 1.82) is 0 Å². The van der Waals surface area contributed by atoms with Gasteiger partial charge in [-0.15, -0.1) is 0 Å². The highest BCUT2D eigenvalue weighted by molar-refractivity contribution is 4.93. The van der Waals surface area contributed by atoms with E-state index in [-0.39, 0.29) is 0 Å². The summed E-state index contributed by atoms with van der Waals surface area (Å²) in [5.41, 5.74) is 0.586. The third-order valence-electron chi connectivity index (χ3n) is 7.07. The second-order valence-corrected chi connectivity index (χ2v) is 8.04. The molecule has 0 amide bonds. The normalized spacial score (nSPS) is 28.3. The summed E-state index contributed by atoms with van der Waals surface area (Å²) >= 11 is 0. The van der Waals surface area contributed by atoms with Gasteiger partial charge in [0.15, 0.2) is 0 Å². The van der Waals surface area contributed by atoms with Gasteiger partial charge >= 0.3 is 0 Å². The molecule has 0 saturated heterocycles. The molecule has 0 heteroatoms. The molecule has 0 aromatic rings. The van der Waals surface area contributed by atoms with E-state index >= 15 is 0 Å². The van der Waals surface area contributed by atoms with Crippen LogP contribution in [0.2, 0.25) is 0 Å². The quantitative estimate of drug-likeness (QED) is 0.547. The molecule has 0 N–H and O–H groups in total. The molecular weight excluding hydrogens is 228 g/mol. The summed E-state index contributed by atoms with van der Waals surface area (Å²) in [6, 6.07) is 0. The van der Waals surface area contributed by atoms with Crippen LogP contribution in [0.4, 0.5) is 0 Å². The van der Waals surface area contributed by atoms with E-state index < -0.39 is 0 Å². The van der Waals surface area contributed by atoms with Gasteiger partial charge in [-0.25, -0.2) is 0 Å². The predicted molar refractivity (Wildman–Crippen MR) is 85.3 cm³/mol. The Kier molecular flexibility index (Phi) is 5.37. The van der Waals surface area contributed by atoms with Gasteiger partial charge in [0.25, 0.3) is 0 Å². The van der Waals surface area contributed by atoms with E-state index in [4.69, 9.17) is 0 Å². The Morgan fingerprint density at radius 1 is 0.737 bits per heavy atom. The molecule has 0 nitrogen and oxygen atoms in total. The fourth-order valence-electron chi connectivity index (χ4n) is 5.24. The zero-order valence-electron chi connectivity index (χ0n) is 13.9. The molecule has 2 aliphatic carbocycles. The summed E-state index contributed by atoms with van der Waals surface area (Å²) in [5.74, 6) is 3.78. The van der Waals surface area contributed by atoms with Gasteiger partial charge in [-0.05, 0) is 41.9 Å². The van der Waals surface area contributed by atoms with Crippen LogP contribution < -0.4 is 0 Å². The largest absolute Gasteiger partial charge is 0.0622 e. The molecule has 0 aromatic carbocycles. The van der Waals surface area contributed by atoms with Crippen LogP contribution in [-0.2, 0) is 0 Å². The summed E-state index contributed by atoms with van der Waals surface area (Å²) in [5, 5.41) is 0. The topological polar surface area (TPSA) is 0 Å². The van der Waals surface area contributed by atoms with Crippen LogP contribution in [0.1, 0.15) is 91.9 Å². The molecule has 2 atom stereocenters. The van der Waals surface area contributed by atoms with Crippen LogP contribution in [0.3, 0.4) is 0 Å². The van der Waals surface area contributed by atoms with Crippen LogP contribution in [0.15, 0.2) is 0 Å². The van der Waals surface area contributed by atoms with E-state index in [1.54, 1.807) is 0 Å². The lowest BCUT2D eigenvalue weighted by molar-refractivity contribution is -0.0146. The Hall–Kier alpha value is 0. The van der Waals surface area contributed by atoms with Crippen molar-refractivity contribution >= 4 is 0 Å². The van der Waals surface area contributed by atoms with Crippen LogP contribution in [0.25, 0.3) is 0 Å². The maximum absolute atomic E-state index is 2.65. The van der Waals surface area contributed by atoms with Crippen LogP contribution in [0, 0.1) is 29.1 Å². The van der Waals surface area contributed by atoms with Crippen LogP contribution in [-0.4, -0.2) is 0 Å². The van der Waals surface area contributed by atoms with Gasteiger partial charge in [-0.1, -0.05) is 79.1 Å². The summed E-state index contributed by atoms with van der Waals surface area (Å²) in [4.78, 5) is 0. The maximum atomic E-state index is 2.65. The average Bonchev–Trinajstić information content (AvgIpc) is 2.47. The third-order valence-corrected chi connectivity index (χ3v) is 7.07. The van der Waals surface area contributed by atoms with Crippen molar-refractivity contribution in [3.8, 4) is 0 Å². The smallest absolute Gasteiger partial charge is 0.0246 e. The molecule has 0 aromatic heterocycles. The van der Waals surface area contributed by atoms with Crippen molar-refractivity contribution in [2.45, 2.75) is 91.9 Å². The van der Waals surface area contributed by atoms with E-state index in [0.717, 1.165) is 23.7 Å². The van der Waals surface area contributed by atoms with Gasteiger partial charge in [0.2, 0.25) is 0 Å². The monoisotopic (exact) mass is 264 g/mol. The van der Waals surface area contributed by atoms with E-state index in [1.165, 1.54) is 64.2 Å². The minimum Gasteiger partial charge on any atom is -0.0622 e. The first-order valence-electron chi connectivity index (χ1n) is 9.06. The molecule has 2 rings (SSSR count). The Balaban J connectivity index is 2.11. The third kappa shape index (κ3) is 3.19. The molecule has 0 heterocycles. The maximum Gasteiger partial charge on any atom is -0.0246 e. The molecule has 2 aliphatic rings. The highest BCUT2D eigenvalue weighted by atomic mass is 14.5. The fourth-order valence-corrected chi connectivity index (χ4v) is 5.24. The van der Waals surface area contributed by atoms with Crippen molar-refractivity contribution in [2.75, 3.05) is 0 Å². The zero-order valence-corrected chi connectivity index (χ0v) is 13.9. The molecule has 2 saturated carbocycles. The molecule has 112 valence electrons. The van der Waals surface area contributed by atoms with E-state index in [2.05, 4.69) is 27.7 Å². The fraction of sp³-hybridized carbons (Fsp3) is 1.00. The van der Waals surface area contributed by atoms with E-state index in [0.29, 0.717) is 5.41 Å². The van der Waals surface area contributed by atoms with Gasteiger partial charge < -0.3 is 0 Å². The van der Waals surface area contributed by atoms with Crippen molar-refractivity contribution in [1.82, 2.24) is 0 Å². The first-order valence-corrected chi connectivity index (χ1v) is 9.06. The first kappa shape index (κ1) is 15.4. The molecule has 0 bridgehead atoms. The molecule has 0 spiro atoms. The predicted octanol–water partition coefficient (Wildman–Crippen LogP) is 6.45. The van der Waals surface area contributed by atoms with Crippen LogP contribution >= 0.6 is 0 Å². The molecule has 2 fully saturated rings. The molecule has 2 unspecified atom stereocenters. The Labute approximate surface area is 121 Å². The molecule has 0 radical (unpaired) electrons. The standard InChI is InChI=1S/C19H36/c1-15(2)19(4,18-13-9-6-10-14-18)16(3)17-11-7-5-8-12-17/h15-18H,5-14H2,1-4H3. The summed E-state index contributed by atoms with van der Waals surface area (Å²) in [6.45, 7) is 10.2. The minimum atomic E-state index is 0.586. The van der Waals surface area contributed by atoms with Crippen molar-refractivity contribution in [3.63, 3.8) is 0 Å². The lowest BCUT2D eigenvalue weighted by Crippen LogP contribution is -2.43. The summed E-state index contributed by atoms with van der Waals surface area (Å²) in [7, 11) is 0. The second-order valence-electron chi connectivity index (χ2n) is 8.04. The Bertz CT molecular complexity index is 255. The second kappa shape index (κ2) is 6.64. The van der Waals surface area contributed by atoms with Gasteiger partial charge in [0.05, 0.1) is 0 Å². The minimum absolute atomic E-state index is 0.586. The lowest BCUT2D eigenvalue weighted by atomic mass is 9.54. The van der Waals surface area contributed by atoms with Crippen molar-refractivity contribution in [3.05, 3.63) is 0 Å². The highest BCUT2D eigenvalue weighted by Gasteiger charge is 2.44. The van der Waals surface area contributed by atoms with Gasteiger partial charge in [-0.2, -0.15) is 0 Å². The van der Waals surface area contributed by atoms with E-state index in [9.17, 15) is 0 Å².